The fraction of sp³-hybridized carbons (Fsp3) is 0.280. The van der Waals surface area contributed by atoms with E-state index in [-0.39, 0.29) is 28.8 Å². The number of nitrogens with zero attached hydrogens (tertiary/aromatic N) is 1. The molecule has 2 aliphatic rings. The second kappa shape index (κ2) is 9.62. The van der Waals surface area contributed by atoms with Gasteiger partial charge in [0, 0.05) is 11.6 Å². The third kappa shape index (κ3) is 4.90. The Balaban J connectivity index is 1.34. The Labute approximate surface area is 210 Å². The van der Waals surface area contributed by atoms with Crippen molar-refractivity contribution in [3.05, 3.63) is 68.8 Å². The maximum Gasteiger partial charge on any atom is 0.319 e. The first-order valence-electron chi connectivity index (χ1n) is 11.5. The maximum atomic E-state index is 15.0. The number of H-pyrrole nitrogens is 1. The lowest BCUT2D eigenvalue weighted by atomic mass is 10.0. The number of hydrogen-bond donors (Lipinski definition) is 4. The largest absolute Gasteiger partial charge is 0.482 e. The molecule has 0 fully saturated rings. The van der Waals surface area contributed by atoms with Crippen LogP contribution in [0.3, 0.4) is 0 Å². The number of carbonyl (C=O) groups is 2. The zero-order valence-electron chi connectivity index (χ0n) is 19.3. The second-order valence-corrected chi connectivity index (χ2v) is 9.45. The highest BCUT2D eigenvalue weighted by atomic mass is 35.5. The molecule has 2 heterocycles. The van der Waals surface area contributed by atoms with Crippen LogP contribution in [0.5, 0.6) is 5.75 Å². The molecule has 9 nitrogen and oxygen atoms in total. The normalized spacial score (nSPS) is 18.7. The van der Waals surface area contributed by atoms with Gasteiger partial charge in [-0.15, -0.1) is 0 Å². The minimum absolute atomic E-state index is 0.0658. The highest BCUT2D eigenvalue weighted by Gasteiger charge is 2.26. The molecular formula is C25H23ClFN5O4. The van der Waals surface area contributed by atoms with E-state index in [2.05, 4.69) is 33.1 Å². The van der Waals surface area contributed by atoms with E-state index in [0.29, 0.717) is 47.0 Å². The van der Waals surface area contributed by atoms with Gasteiger partial charge in [-0.05, 0) is 60.6 Å². The summed E-state index contributed by atoms with van der Waals surface area (Å²) < 4.78 is 20.4. The number of rotatable bonds is 3. The average Bonchev–Trinajstić information content (AvgIpc) is 2.98. The first-order valence-corrected chi connectivity index (χ1v) is 11.9. The fourth-order valence-corrected chi connectivity index (χ4v) is 4.83. The zero-order valence-corrected chi connectivity index (χ0v) is 20.0. The molecule has 11 heteroatoms. The lowest BCUT2D eigenvalue weighted by molar-refractivity contribution is -0.118. The first-order chi connectivity index (χ1) is 17.3. The van der Waals surface area contributed by atoms with Gasteiger partial charge in [0.25, 0.3) is 11.5 Å². The van der Waals surface area contributed by atoms with Gasteiger partial charge in [-0.3, -0.25) is 9.59 Å². The molecule has 1 aliphatic heterocycles. The molecule has 0 saturated heterocycles. The molecule has 1 aliphatic carbocycles. The van der Waals surface area contributed by atoms with Crippen LogP contribution in [0.1, 0.15) is 37.1 Å². The lowest BCUT2D eigenvalue weighted by Crippen LogP contribution is -2.34. The van der Waals surface area contributed by atoms with Gasteiger partial charge in [0.05, 0.1) is 28.1 Å². The van der Waals surface area contributed by atoms with Crippen LogP contribution >= 0.6 is 11.6 Å². The van der Waals surface area contributed by atoms with Crippen LogP contribution in [0.4, 0.5) is 20.6 Å². The van der Waals surface area contributed by atoms with Crippen molar-refractivity contribution < 1.29 is 18.7 Å². The molecule has 4 N–H and O–H groups in total. The van der Waals surface area contributed by atoms with Crippen molar-refractivity contribution in [2.24, 2.45) is 5.92 Å². The molecule has 2 aromatic carbocycles. The van der Waals surface area contributed by atoms with Crippen LogP contribution in [0.2, 0.25) is 5.02 Å². The number of aromatic amines is 1. The summed E-state index contributed by atoms with van der Waals surface area (Å²) in [6, 6.07) is 8.03. The summed E-state index contributed by atoms with van der Waals surface area (Å²) in [4.78, 5) is 36.1. The van der Waals surface area contributed by atoms with Crippen LogP contribution in [0.25, 0.3) is 11.1 Å². The minimum atomic E-state index is -0.681. The van der Waals surface area contributed by atoms with E-state index < -0.39 is 17.9 Å². The lowest BCUT2D eigenvalue weighted by Gasteiger charge is -2.20. The summed E-state index contributed by atoms with van der Waals surface area (Å²) in [5.41, 5.74) is 2.44. The molecule has 3 aromatic rings. The quantitative estimate of drug-likeness (QED) is 0.388. The second-order valence-electron chi connectivity index (χ2n) is 9.04. The van der Waals surface area contributed by atoms with Gasteiger partial charge in [0.15, 0.2) is 6.61 Å². The molecule has 36 heavy (non-hydrogen) atoms. The van der Waals surface area contributed by atoms with Crippen molar-refractivity contribution in [3.63, 3.8) is 0 Å². The summed E-state index contributed by atoms with van der Waals surface area (Å²) >= 11 is 6.44. The molecule has 0 spiro atoms. The highest BCUT2D eigenvalue weighted by Crippen LogP contribution is 2.37. The Kier molecular flexibility index (Phi) is 6.36. The molecule has 1 aromatic heterocycles. The average molecular weight is 512 g/mol. The number of hydrogen-bond acceptors (Lipinski definition) is 5. The van der Waals surface area contributed by atoms with E-state index in [1.165, 1.54) is 18.2 Å². The van der Waals surface area contributed by atoms with Crippen LogP contribution in [0, 0.1) is 11.7 Å². The van der Waals surface area contributed by atoms with Crippen molar-refractivity contribution in [2.75, 3.05) is 17.2 Å². The van der Waals surface area contributed by atoms with Crippen LogP contribution in [-0.4, -0.2) is 28.7 Å². The van der Waals surface area contributed by atoms with Crippen molar-refractivity contribution in [1.82, 2.24) is 15.5 Å². The maximum absolute atomic E-state index is 15.0. The fourth-order valence-electron chi connectivity index (χ4n) is 4.55. The molecule has 5 rings (SSSR count). The molecule has 2 atom stereocenters. The van der Waals surface area contributed by atoms with E-state index in [0.717, 1.165) is 12.0 Å². The number of anilines is 2. The Morgan fingerprint density at radius 1 is 1.19 bits per heavy atom. The summed E-state index contributed by atoms with van der Waals surface area (Å²) in [5.74, 6) is -0.123. The highest BCUT2D eigenvalue weighted by molar-refractivity contribution is 6.33. The minimum Gasteiger partial charge on any atom is -0.482 e. The predicted molar refractivity (Wildman–Crippen MR) is 133 cm³/mol. The van der Waals surface area contributed by atoms with Gasteiger partial charge < -0.3 is 20.7 Å². The Morgan fingerprint density at radius 2 is 2.03 bits per heavy atom. The summed E-state index contributed by atoms with van der Waals surface area (Å²) in [6.07, 6.45) is 2.15. The molecule has 186 valence electrons. The smallest absolute Gasteiger partial charge is 0.319 e. The zero-order chi connectivity index (χ0) is 25.4. The number of aromatic nitrogens is 2. The number of fused-ring (bicyclic) bond motifs is 2. The van der Waals surface area contributed by atoms with E-state index in [1.54, 1.807) is 18.2 Å². The summed E-state index contributed by atoms with van der Waals surface area (Å²) in [5, 5.41) is 14.9. The van der Waals surface area contributed by atoms with E-state index in [4.69, 9.17) is 16.3 Å². The summed E-state index contributed by atoms with van der Waals surface area (Å²) in [7, 11) is 0. The van der Waals surface area contributed by atoms with Crippen molar-refractivity contribution in [2.45, 2.75) is 32.2 Å². The predicted octanol–water partition coefficient (Wildman–Crippen LogP) is 4.40. The Hall–Kier alpha value is -3.92. The van der Waals surface area contributed by atoms with Gasteiger partial charge in [0.1, 0.15) is 11.6 Å². The van der Waals surface area contributed by atoms with Crippen LogP contribution in [0.15, 0.2) is 41.2 Å². The molecule has 0 saturated carbocycles. The first kappa shape index (κ1) is 23.8. The number of carbonyl (C=O) groups excluding carboxylic acids is 2. The number of nitrogens with one attached hydrogen (secondary N) is 4. The Morgan fingerprint density at radius 3 is 2.86 bits per heavy atom. The topological polar surface area (TPSA) is 125 Å². The van der Waals surface area contributed by atoms with Crippen molar-refractivity contribution in [1.29, 1.82) is 0 Å². The standard InChI is InChI=1S/C25H23ClFN5O4/c1-12-2-4-18(24-14(6-12)8-22(33)31-32-24)29-25(35)30-19-10-16(26)15(9-17(19)27)13-3-5-21-20(7-13)28-23(34)11-36-21/h3,5,7-10,12,18H,2,4,6,11H2,1H3,(H,28,34)(H,31,33)(H2,29,30,35)/t12-,18+/m0/s1. The van der Waals surface area contributed by atoms with Crippen LogP contribution in [-0.2, 0) is 11.2 Å². The molecule has 3 amide bonds. The number of benzene rings is 2. The number of halogens is 2. The van der Waals surface area contributed by atoms with E-state index in [9.17, 15) is 14.4 Å². The monoisotopic (exact) mass is 511 g/mol. The van der Waals surface area contributed by atoms with Gasteiger partial charge in [-0.1, -0.05) is 24.6 Å². The third-order valence-electron chi connectivity index (χ3n) is 6.30. The van der Waals surface area contributed by atoms with Gasteiger partial charge in [-0.25, -0.2) is 14.3 Å². The number of urea groups is 1. The molecule has 0 unspecified atom stereocenters. The van der Waals surface area contributed by atoms with E-state index >= 15 is 4.39 Å². The van der Waals surface area contributed by atoms with Gasteiger partial charge in [-0.2, -0.15) is 5.10 Å². The molecular weight excluding hydrogens is 489 g/mol. The van der Waals surface area contributed by atoms with Crippen molar-refractivity contribution in [3.8, 4) is 16.9 Å². The SMILES string of the molecule is C[C@H]1CC[C@@H](NC(=O)Nc2cc(Cl)c(-c3ccc4c(c3)NC(=O)CO4)cc2F)c2n[nH]c(=O)cc2C1. The van der Waals surface area contributed by atoms with Gasteiger partial charge >= 0.3 is 6.03 Å². The third-order valence-corrected chi connectivity index (χ3v) is 6.61. The summed E-state index contributed by atoms with van der Waals surface area (Å²) in [6.45, 7) is 2.01. The molecule has 0 bridgehead atoms. The number of ether oxygens (including phenoxy) is 1. The van der Waals surface area contributed by atoms with Gasteiger partial charge in [0.2, 0.25) is 0 Å². The van der Waals surface area contributed by atoms with E-state index in [1.807, 2.05) is 0 Å². The number of amides is 3. The van der Waals surface area contributed by atoms with Crippen molar-refractivity contribution >= 4 is 34.9 Å². The Bertz CT molecular complexity index is 1430. The van der Waals surface area contributed by atoms with Crippen LogP contribution < -0.4 is 26.2 Å². The molecule has 0 radical (unpaired) electrons.